The molecule has 0 radical (unpaired) electrons. The van der Waals surface area contributed by atoms with Crippen LogP contribution in [0.1, 0.15) is 31.4 Å². The zero-order valence-electron chi connectivity index (χ0n) is 12.2. The van der Waals surface area contributed by atoms with Gasteiger partial charge >= 0.3 is 0 Å². The highest BCUT2D eigenvalue weighted by atomic mass is 16.2. The van der Waals surface area contributed by atoms with Crippen LogP contribution >= 0.6 is 0 Å². The van der Waals surface area contributed by atoms with Crippen molar-refractivity contribution >= 4 is 5.91 Å². The van der Waals surface area contributed by atoms with Gasteiger partial charge in [0.2, 0.25) is 5.91 Å². The van der Waals surface area contributed by atoms with Gasteiger partial charge in [0.1, 0.15) is 0 Å². The predicted molar refractivity (Wildman–Crippen MR) is 81.7 cm³/mol. The maximum absolute atomic E-state index is 11.6. The van der Waals surface area contributed by atoms with E-state index in [-0.39, 0.29) is 5.91 Å². The molecule has 3 heterocycles. The van der Waals surface area contributed by atoms with Crippen LogP contribution in [0.4, 0.5) is 0 Å². The molecule has 3 rings (SSSR count). The van der Waals surface area contributed by atoms with Crippen LogP contribution < -0.4 is 0 Å². The summed E-state index contributed by atoms with van der Waals surface area (Å²) in [6, 6.07) is 10.0. The quantitative estimate of drug-likeness (QED) is 0.850. The zero-order chi connectivity index (χ0) is 14.7. The van der Waals surface area contributed by atoms with E-state index in [9.17, 15) is 4.79 Å². The van der Waals surface area contributed by atoms with Crippen molar-refractivity contribution < 1.29 is 4.79 Å². The molecule has 0 saturated carbocycles. The van der Waals surface area contributed by atoms with E-state index in [2.05, 4.69) is 11.1 Å². The van der Waals surface area contributed by atoms with Crippen molar-refractivity contribution in [1.82, 2.24) is 14.9 Å². The summed E-state index contributed by atoms with van der Waals surface area (Å²) in [5, 5.41) is 0. The van der Waals surface area contributed by atoms with E-state index in [1.807, 2.05) is 35.4 Å². The van der Waals surface area contributed by atoms with Crippen molar-refractivity contribution in [3.63, 3.8) is 0 Å². The van der Waals surface area contributed by atoms with Crippen molar-refractivity contribution in [1.29, 1.82) is 0 Å². The summed E-state index contributed by atoms with van der Waals surface area (Å²) in [6.07, 6.45) is 5.73. The van der Waals surface area contributed by atoms with Crippen molar-refractivity contribution in [2.24, 2.45) is 0 Å². The van der Waals surface area contributed by atoms with Gasteiger partial charge in [0.25, 0.3) is 0 Å². The molecule has 2 aromatic heterocycles. The average Bonchev–Trinajstić information content (AvgIpc) is 2.56. The van der Waals surface area contributed by atoms with Crippen LogP contribution in [0.15, 0.2) is 42.7 Å². The number of carbonyl (C=O) groups is 1. The molecular formula is C17H19N3O. The van der Waals surface area contributed by atoms with E-state index < -0.39 is 0 Å². The molecule has 1 amide bonds. The van der Waals surface area contributed by atoms with Gasteiger partial charge in [-0.05, 0) is 37.1 Å². The van der Waals surface area contributed by atoms with Gasteiger partial charge in [-0.15, -0.1) is 0 Å². The highest BCUT2D eigenvalue weighted by molar-refractivity contribution is 5.73. The van der Waals surface area contributed by atoms with Crippen molar-refractivity contribution in [2.75, 3.05) is 13.1 Å². The molecule has 108 valence electrons. The minimum Gasteiger partial charge on any atom is -0.342 e. The first-order valence-corrected chi connectivity index (χ1v) is 7.37. The lowest BCUT2D eigenvalue weighted by molar-refractivity contribution is -0.130. The first-order chi connectivity index (χ1) is 10.2. The molecular weight excluding hydrogens is 262 g/mol. The highest BCUT2D eigenvalue weighted by Gasteiger charge is 2.23. The summed E-state index contributed by atoms with van der Waals surface area (Å²) in [5.41, 5.74) is 3.04. The van der Waals surface area contributed by atoms with E-state index >= 15 is 0 Å². The molecule has 1 aliphatic heterocycles. The van der Waals surface area contributed by atoms with Crippen LogP contribution in [-0.4, -0.2) is 33.9 Å². The summed E-state index contributed by atoms with van der Waals surface area (Å²) in [4.78, 5) is 22.4. The number of nitrogens with zero attached hydrogens (tertiary/aromatic N) is 3. The molecule has 0 N–H and O–H groups in total. The summed E-state index contributed by atoms with van der Waals surface area (Å²) >= 11 is 0. The van der Waals surface area contributed by atoms with Gasteiger partial charge < -0.3 is 4.90 Å². The molecule has 1 aliphatic rings. The minimum atomic E-state index is 0.156. The van der Waals surface area contributed by atoms with Crippen LogP contribution in [0.2, 0.25) is 0 Å². The van der Waals surface area contributed by atoms with E-state index in [1.54, 1.807) is 13.1 Å². The molecule has 0 aromatic carbocycles. The van der Waals surface area contributed by atoms with Gasteiger partial charge in [0.15, 0.2) is 0 Å². The number of rotatable bonds is 2. The Labute approximate surface area is 124 Å². The lowest BCUT2D eigenvalue weighted by Crippen LogP contribution is -2.37. The second-order valence-electron chi connectivity index (χ2n) is 5.49. The first kappa shape index (κ1) is 13.7. The van der Waals surface area contributed by atoms with Crippen LogP contribution in [0.25, 0.3) is 11.3 Å². The van der Waals surface area contributed by atoms with Gasteiger partial charge in [-0.2, -0.15) is 0 Å². The number of carbonyl (C=O) groups excluding carboxylic acids is 1. The summed E-state index contributed by atoms with van der Waals surface area (Å²) in [6.45, 7) is 3.29. The van der Waals surface area contributed by atoms with E-state index in [0.29, 0.717) is 5.92 Å². The Morgan fingerprint density at radius 2 is 2.19 bits per heavy atom. The Morgan fingerprint density at radius 3 is 2.95 bits per heavy atom. The Kier molecular flexibility index (Phi) is 3.95. The maximum Gasteiger partial charge on any atom is 0.219 e. The summed E-state index contributed by atoms with van der Waals surface area (Å²) < 4.78 is 0. The number of aromatic nitrogens is 2. The number of piperidine rings is 1. The van der Waals surface area contributed by atoms with Crippen molar-refractivity contribution in [2.45, 2.75) is 25.7 Å². The van der Waals surface area contributed by atoms with Gasteiger partial charge in [-0.25, -0.2) is 0 Å². The second-order valence-corrected chi connectivity index (χ2v) is 5.49. The normalized spacial score (nSPS) is 18.5. The van der Waals surface area contributed by atoms with Gasteiger partial charge in [-0.3, -0.25) is 14.8 Å². The van der Waals surface area contributed by atoms with Crippen molar-refractivity contribution in [3.8, 4) is 11.3 Å². The first-order valence-electron chi connectivity index (χ1n) is 7.37. The number of hydrogen-bond acceptors (Lipinski definition) is 3. The fraction of sp³-hybridized carbons (Fsp3) is 0.353. The third-order valence-electron chi connectivity index (χ3n) is 4.01. The molecule has 0 spiro atoms. The summed E-state index contributed by atoms with van der Waals surface area (Å²) in [5.74, 6) is 0.488. The molecule has 21 heavy (non-hydrogen) atoms. The lowest BCUT2D eigenvalue weighted by atomic mass is 9.94. The fourth-order valence-corrected chi connectivity index (χ4v) is 2.86. The molecule has 1 fully saturated rings. The average molecular weight is 281 g/mol. The van der Waals surface area contributed by atoms with Crippen LogP contribution in [0.3, 0.4) is 0 Å². The largest absolute Gasteiger partial charge is 0.342 e. The van der Waals surface area contributed by atoms with Gasteiger partial charge in [-0.1, -0.05) is 6.07 Å². The summed E-state index contributed by atoms with van der Waals surface area (Å²) in [7, 11) is 0. The molecule has 0 aliphatic carbocycles. The Bertz CT molecular complexity index is 627. The van der Waals surface area contributed by atoms with Gasteiger partial charge in [0.05, 0.1) is 5.69 Å². The molecule has 4 heteroatoms. The SMILES string of the molecule is CC(=O)N1CCC[C@@H](c2cccc(-c3cccnc3)n2)C1. The Hall–Kier alpha value is -2.23. The third kappa shape index (κ3) is 3.10. The van der Waals surface area contributed by atoms with Crippen molar-refractivity contribution in [3.05, 3.63) is 48.4 Å². The standard InChI is InChI=1S/C17H19N3O/c1-13(21)20-10-4-6-15(12-20)17-8-2-7-16(19-17)14-5-3-9-18-11-14/h2-3,5,7-9,11,15H,4,6,10,12H2,1H3/t15-/m1/s1. The number of amides is 1. The fourth-order valence-electron chi connectivity index (χ4n) is 2.86. The molecule has 1 saturated heterocycles. The molecule has 0 unspecified atom stereocenters. The Morgan fingerprint density at radius 1 is 1.29 bits per heavy atom. The smallest absolute Gasteiger partial charge is 0.219 e. The second kappa shape index (κ2) is 6.04. The Balaban J connectivity index is 1.84. The number of pyridine rings is 2. The number of hydrogen-bond donors (Lipinski definition) is 0. The lowest BCUT2D eigenvalue weighted by Gasteiger charge is -2.31. The van der Waals surface area contributed by atoms with E-state index in [1.165, 1.54) is 0 Å². The van der Waals surface area contributed by atoms with Crippen LogP contribution in [-0.2, 0) is 4.79 Å². The topological polar surface area (TPSA) is 46.1 Å². The maximum atomic E-state index is 11.6. The van der Waals surface area contributed by atoms with E-state index in [4.69, 9.17) is 4.98 Å². The minimum absolute atomic E-state index is 0.156. The molecule has 0 bridgehead atoms. The molecule has 1 atom stereocenters. The number of likely N-dealkylation sites (tertiary alicyclic amines) is 1. The third-order valence-corrected chi connectivity index (χ3v) is 4.01. The van der Waals surface area contributed by atoms with Crippen LogP contribution in [0.5, 0.6) is 0 Å². The predicted octanol–water partition coefficient (Wildman–Crippen LogP) is 2.87. The molecule has 2 aromatic rings. The monoisotopic (exact) mass is 281 g/mol. The van der Waals surface area contributed by atoms with E-state index in [0.717, 1.165) is 42.9 Å². The molecule has 4 nitrogen and oxygen atoms in total. The van der Waals surface area contributed by atoms with Crippen LogP contribution in [0, 0.1) is 0 Å². The zero-order valence-corrected chi connectivity index (χ0v) is 12.2. The highest BCUT2D eigenvalue weighted by Crippen LogP contribution is 2.27. The van der Waals surface area contributed by atoms with Gasteiger partial charge in [0, 0.05) is 49.6 Å².